The molecular formula is C11H17N3O. The number of aliphatic hydroxyl groups is 1. The molecule has 1 aliphatic rings. The molecular weight excluding hydrogens is 190 g/mol. The molecule has 1 atom stereocenters. The Morgan fingerprint density at radius 3 is 3.13 bits per heavy atom. The van der Waals surface area contributed by atoms with E-state index in [1.807, 2.05) is 12.1 Å². The van der Waals surface area contributed by atoms with Crippen LogP contribution in [0.1, 0.15) is 12.0 Å². The second-order valence-corrected chi connectivity index (χ2v) is 4.12. The van der Waals surface area contributed by atoms with E-state index in [1.54, 1.807) is 6.20 Å². The van der Waals surface area contributed by atoms with Gasteiger partial charge in [0.2, 0.25) is 0 Å². The van der Waals surface area contributed by atoms with Crippen LogP contribution in [0, 0.1) is 5.92 Å². The van der Waals surface area contributed by atoms with Crippen molar-refractivity contribution in [3.63, 3.8) is 0 Å². The molecule has 1 saturated heterocycles. The number of pyridine rings is 1. The van der Waals surface area contributed by atoms with Crippen LogP contribution in [0.25, 0.3) is 0 Å². The molecule has 0 amide bonds. The first-order chi connectivity index (χ1) is 7.29. The smallest absolute Gasteiger partial charge is 0.127 e. The van der Waals surface area contributed by atoms with Crippen molar-refractivity contribution in [3.8, 4) is 0 Å². The van der Waals surface area contributed by atoms with Crippen molar-refractivity contribution in [1.29, 1.82) is 0 Å². The second kappa shape index (κ2) is 4.59. The Hall–Kier alpha value is -1.13. The van der Waals surface area contributed by atoms with Crippen LogP contribution in [0.3, 0.4) is 0 Å². The van der Waals surface area contributed by atoms with Gasteiger partial charge in [-0.05, 0) is 24.9 Å². The molecule has 0 aromatic carbocycles. The van der Waals surface area contributed by atoms with Crippen molar-refractivity contribution >= 4 is 5.82 Å². The van der Waals surface area contributed by atoms with E-state index in [0.29, 0.717) is 18.3 Å². The van der Waals surface area contributed by atoms with Gasteiger partial charge >= 0.3 is 0 Å². The van der Waals surface area contributed by atoms with Gasteiger partial charge in [-0.1, -0.05) is 6.07 Å². The van der Waals surface area contributed by atoms with E-state index >= 15 is 0 Å². The van der Waals surface area contributed by atoms with Gasteiger partial charge in [0, 0.05) is 31.5 Å². The number of hydrogen-bond acceptors (Lipinski definition) is 4. The Balaban J connectivity index is 1.96. The van der Waals surface area contributed by atoms with Crippen molar-refractivity contribution in [3.05, 3.63) is 23.9 Å². The van der Waals surface area contributed by atoms with Crippen LogP contribution in [-0.4, -0.2) is 34.7 Å². The maximum Gasteiger partial charge on any atom is 0.127 e. The predicted octanol–water partition coefficient (Wildman–Crippen LogP) is 0.478. The van der Waals surface area contributed by atoms with Crippen LogP contribution in [0.15, 0.2) is 18.3 Å². The molecule has 0 radical (unpaired) electrons. The molecule has 0 saturated carbocycles. The molecule has 4 heteroatoms. The van der Waals surface area contributed by atoms with Crippen LogP contribution >= 0.6 is 0 Å². The molecule has 1 aromatic heterocycles. The van der Waals surface area contributed by atoms with Gasteiger partial charge in [0.15, 0.2) is 0 Å². The van der Waals surface area contributed by atoms with Crippen molar-refractivity contribution in [2.24, 2.45) is 5.92 Å². The molecule has 2 heterocycles. The van der Waals surface area contributed by atoms with E-state index < -0.39 is 0 Å². The zero-order valence-corrected chi connectivity index (χ0v) is 8.76. The van der Waals surface area contributed by atoms with E-state index in [4.69, 9.17) is 10.8 Å². The first-order valence-electron chi connectivity index (χ1n) is 5.32. The van der Waals surface area contributed by atoms with E-state index in [9.17, 15) is 0 Å². The van der Waals surface area contributed by atoms with Gasteiger partial charge in [0.05, 0.1) is 0 Å². The number of rotatable bonds is 3. The fraction of sp³-hybridized carbons (Fsp3) is 0.545. The van der Waals surface area contributed by atoms with Crippen LogP contribution in [-0.2, 0) is 6.54 Å². The minimum atomic E-state index is 0.291. The highest BCUT2D eigenvalue weighted by molar-refractivity contribution is 5.38. The molecule has 1 fully saturated rings. The van der Waals surface area contributed by atoms with E-state index in [-0.39, 0.29) is 0 Å². The largest absolute Gasteiger partial charge is 0.396 e. The molecule has 1 aliphatic heterocycles. The average molecular weight is 207 g/mol. The minimum absolute atomic E-state index is 0.291. The number of nitrogens with zero attached hydrogens (tertiary/aromatic N) is 2. The van der Waals surface area contributed by atoms with Gasteiger partial charge in [0.25, 0.3) is 0 Å². The third-order valence-corrected chi connectivity index (χ3v) is 2.95. The van der Waals surface area contributed by atoms with Crippen LogP contribution in [0.4, 0.5) is 5.82 Å². The summed E-state index contributed by atoms with van der Waals surface area (Å²) < 4.78 is 0. The molecule has 1 unspecified atom stereocenters. The summed E-state index contributed by atoms with van der Waals surface area (Å²) >= 11 is 0. The summed E-state index contributed by atoms with van der Waals surface area (Å²) in [5.41, 5.74) is 6.86. The zero-order valence-electron chi connectivity index (χ0n) is 8.76. The van der Waals surface area contributed by atoms with Crippen LogP contribution < -0.4 is 5.73 Å². The lowest BCUT2D eigenvalue weighted by atomic mass is 10.1. The topological polar surface area (TPSA) is 62.4 Å². The van der Waals surface area contributed by atoms with Gasteiger partial charge in [-0.3, -0.25) is 4.90 Å². The second-order valence-electron chi connectivity index (χ2n) is 4.12. The SMILES string of the molecule is Nc1ncccc1CN1CCC(CO)C1. The van der Waals surface area contributed by atoms with Crippen molar-refractivity contribution in [1.82, 2.24) is 9.88 Å². The lowest BCUT2D eigenvalue weighted by Crippen LogP contribution is -2.21. The summed E-state index contributed by atoms with van der Waals surface area (Å²) in [6.07, 6.45) is 2.79. The highest BCUT2D eigenvalue weighted by Crippen LogP contribution is 2.19. The summed E-state index contributed by atoms with van der Waals surface area (Å²) in [6, 6.07) is 3.92. The summed E-state index contributed by atoms with van der Waals surface area (Å²) in [4.78, 5) is 6.38. The monoisotopic (exact) mass is 207 g/mol. The molecule has 0 aliphatic carbocycles. The number of hydrogen-bond donors (Lipinski definition) is 2. The maximum absolute atomic E-state index is 9.04. The van der Waals surface area contributed by atoms with E-state index in [2.05, 4.69) is 9.88 Å². The number of anilines is 1. The first kappa shape index (κ1) is 10.4. The number of nitrogens with two attached hydrogens (primary N) is 1. The van der Waals surface area contributed by atoms with Crippen molar-refractivity contribution < 1.29 is 5.11 Å². The van der Waals surface area contributed by atoms with E-state index in [1.165, 1.54) is 0 Å². The number of nitrogen functional groups attached to an aromatic ring is 1. The Morgan fingerprint density at radius 2 is 2.47 bits per heavy atom. The van der Waals surface area contributed by atoms with Crippen molar-refractivity contribution in [2.75, 3.05) is 25.4 Å². The number of aromatic nitrogens is 1. The highest BCUT2D eigenvalue weighted by atomic mass is 16.3. The Morgan fingerprint density at radius 1 is 1.60 bits per heavy atom. The summed E-state index contributed by atoms with van der Waals surface area (Å²) in [5.74, 6) is 1.05. The van der Waals surface area contributed by atoms with Gasteiger partial charge in [0.1, 0.15) is 5.82 Å². The molecule has 3 N–H and O–H groups in total. The average Bonchev–Trinajstić information content (AvgIpc) is 2.69. The number of likely N-dealkylation sites (tertiary alicyclic amines) is 1. The van der Waals surface area contributed by atoms with Crippen LogP contribution in [0.5, 0.6) is 0 Å². The predicted molar refractivity (Wildman–Crippen MR) is 59.1 cm³/mol. The Labute approximate surface area is 89.7 Å². The van der Waals surface area contributed by atoms with Gasteiger partial charge in [-0.25, -0.2) is 4.98 Å². The molecule has 0 spiro atoms. The fourth-order valence-electron chi connectivity index (χ4n) is 2.03. The molecule has 4 nitrogen and oxygen atoms in total. The molecule has 15 heavy (non-hydrogen) atoms. The summed E-state index contributed by atoms with van der Waals surface area (Å²) in [7, 11) is 0. The normalized spacial score (nSPS) is 22.1. The standard InChI is InChI=1S/C11H17N3O/c12-11-10(2-1-4-13-11)7-14-5-3-9(6-14)8-15/h1-2,4,9,15H,3,5-8H2,(H2,12,13). The van der Waals surface area contributed by atoms with E-state index in [0.717, 1.165) is 31.6 Å². The molecule has 2 rings (SSSR count). The number of aliphatic hydroxyl groups excluding tert-OH is 1. The zero-order chi connectivity index (χ0) is 10.7. The molecule has 82 valence electrons. The lowest BCUT2D eigenvalue weighted by Gasteiger charge is -2.16. The molecule has 0 bridgehead atoms. The maximum atomic E-state index is 9.04. The third-order valence-electron chi connectivity index (χ3n) is 2.95. The first-order valence-corrected chi connectivity index (χ1v) is 5.32. The van der Waals surface area contributed by atoms with Crippen molar-refractivity contribution in [2.45, 2.75) is 13.0 Å². The van der Waals surface area contributed by atoms with Gasteiger partial charge < -0.3 is 10.8 Å². The minimum Gasteiger partial charge on any atom is -0.396 e. The highest BCUT2D eigenvalue weighted by Gasteiger charge is 2.21. The molecule has 1 aromatic rings. The van der Waals surface area contributed by atoms with Gasteiger partial charge in [-0.15, -0.1) is 0 Å². The Bertz CT molecular complexity index is 329. The fourth-order valence-corrected chi connectivity index (χ4v) is 2.03. The quantitative estimate of drug-likeness (QED) is 0.756. The third kappa shape index (κ3) is 2.46. The summed E-state index contributed by atoms with van der Waals surface area (Å²) in [6.45, 7) is 3.14. The summed E-state index contributed by atoms with van der Waals surface area (Å²) in [5, 5.41) is 9.04. The van der Waals surface area contributed by atoms with Crippen LogP contribution in [0.2, 0.25) is 0 Å². The lowest BCUT2D eigenvalue weighted by molar-refractivity contribution is 0.220. The Kier molecular flexibility index (Phi) is 3.18. The van der Waals surface area contributed by atoms with Gasteiger partial charge in [-0.2, -0.15) is 0 Å².